The molecule has 0 radical (unpaired) electrons. The fourth-order valence-electron chi connectivity index (χ4n) is 3.12. The molecule has 0 bridgehead atoms. The first-order valence-electron chi connectivity index (χ1n) is 8.58. The molecular formula is C19H22N2O4S. The van der Waals surface area contributed by atoms with E-state index in [4.69, 9.17) is 4.74 Å². The van der Waals surface area contributed by atoms with E-state index < -0.39 is 11.5 Å². The molecule has 0 atom stereocenters. The molecule has 0 unspecified atom stereocenters. The van der Waals surface area contributed by atoms with Gasteiger partial charge in [-0.05, 0) is 19.8 Å². The number of aryl methyl sites for hydroxylation is 1. The summed E-state index contributed by atoms with van der Waals surface area (Å²) in [4.78, 5) is 28.2. The van der Waals surface area contributed by atoms with Crippen LogP contribution in [0.15, 0.2) is 29.6 Å². The summed E-state index contributed by atoms with van der Waals surface area (Å²) >= 11 is 1.50. The fourth-order valence-corrected chi connectivity index (χ4v) is 3.94. The summed E-state index contributed by atoms with van der Waals surface area (Å²) in [6.07, 6.45) is 1.08. The number of thiazole rings is 1. The van der Waals surface area contributed by atoms with Gasteiger partial charge in [0.2, 0.25) is 5.91 Å². The molecule has 138 valence electrons. The van der Waals surface area contributed by atoms with E-state index in [1.165, 1.54) is 16.9 Å². The number of nitrogens with zero attached hydrogens (tertiary/aromatic N) is 1. The SMILES string of the molecule is Cc1ccc(-c2nc(CC(=O)NC3(CC(=O)O)CCOCC3)cs2)cc1. The molecule has 1 amide bonds. The Kier molecular flexibility index (Phi) is 5.68. The predicted molar refractivity (Wildman–Crippen MR) is 99.2 cm³/mol. The lowest BCUT2D eigenvalue weighted by molar-refractivity contribution is -0.140. The molecule has 0 spiro atoms. The van der Waals surface area contributed by atoms with E-state index in [0.29, 0.717) is 31.7 Å². The number of benzene rings is 1. The van der Waals surface area contributed by atoms with Crippen molar-refractivity contribution < 1.29 is 19.4 Å². The van der Waals surface area contributed by atoms with E-state index in [-0.39, 0.29) is 18.7 Å². The molecule has 1 saturated heterocycles. The van der Waals surface area contributed by atoms with E-state index in [0.717, 1.165) is 10.6 Å². The molecule has 6 nitrogen and oxygen atoms in total. The quantitative estimate of drug-likeness (QED) is 0.812. The highest BCUT2D eigenvalue weighted by Gasteiger charge is 2.36. The van der Waals surface area contributed by atoms with Crippen LogP contribution in [0, 0.1) is 6.92 Å². The Morgan fingerprint density at radius 3 is 2.62 bits per heavy atom. The number of ether oxygens (including phenoxy) is 1. The van der Waals surface area contributed by atoms with Crippen molar-refractivity contribution >= 4 is 23.2 Å². The Labute approximate surface area is 156 Å². The minimum Gasteiger partial charge on any atom is -0.481 e. The number of carbonyl (C=O) groups excluding carboxylic acids is 1. The monoisotopic (exact) mass is 374 g/mol. The van der Waals surface area contributed by atoms with Crippen molar-refractivity contribution in [3.8, 4) is 10.6 Å². The van der Waals surface area contributed by atoms with Gasteiger partial charge in [-0.25, -0.2) is 4.98 Å². The molecule has 2 N–H and O–H groups in total. The molecule has 1 aliphatic heterocycles. The summed E-state index contributed by atoms with van der Waals surface area (Å²) in [7, 11) is 0. The maximum absolute atomic E-state index is 12.5. The minimum atomic E-state index is -0.914. The van der Waals surface area contributed by atoms with Gasteiger partial charge in [0.1, 0.15) is 5.01 Å². The van der Waals surface area contributed by atoms with Crippen LogP contribution in [0.25, 0.3) is 10.6 Å². The van der Waals surface area contributed by atoms with E-state index >= 15 is 0 Å². The molecule has 7 heteroatoms. The number of aromatic nitrogens is 1. The van der Waals surface area contributed by atoms with Crippen LogP contribution < -0.4 is 5.32 Å². The Morgan fingerprint density at radius 1 is 1.27 bits per heavy atom. The number of amides is 1. The first kappa shape index (κ1) is 18.5. The number of rotatable bonds is 6. The minimum absolute atomic E-state index is 0.0895. The molecule has 1 fully saturated rings. The molecule has 3 rings (SSSR count). The third-order valence-corrected chi connectivity index (χ3v) is 5.48. The number of carbonyl (C=O) groups is 2. The summed E-state index contributed by atoms with van der Waals surface area (Å²) in [5.74, 6) is -1.11. The van der Waals surface area contributed by atoms with E-state index in [1.54, 1.807) is 0 Å². The lowest BCUT2D eigenvalue weighted by Gasteiger charge is -2.36. The van der Waals surface area contributed by atoms with Gasteiger partial charge in [-0.3, -0.25) is 9.59 Å². The topological polar surface area (TPSA) is 88.5 Å². The number of carboxylic acid groups (broad SMARTS) is 1. The first-order valence-corrected chi connectivity index (χ1v) is 9.46. The van der Waals surface area contributed by atoms with Crippen LogP contribution in [-0.4, -0.2) is 40.7 Å². The van der Waals surface area contributed by atoms with Crippen LogP contribution in [0.5, 0.6) is 0 Å². The van der Waals surface area contributed by atoms with Gasteiger partial charge in [-0.15, -0.1) is 11.3 Å². The number of carboxylic acids is 1. The van der Waals surface area contributed by atoms with Crippen molar-refractivity contribution in [1.29, 1.82) is 0 Å². The third-order valence-electron chi connectivity index (χ3n) is 4.54. The van der Waals surface area contributed by atoms with E-state index in [2.05, 4.69) is 10.3 Å². The van der Waals surface area contributed by atoms with E-state index in [9.17, 15) is 14.7 Å². The highest BCUT2D eigenvalue weighted by Crippen LogP contribution is 2.26. The van der Waals surface area contributed by atoms with E-state index in [1.807, 2.05) is 36.6 Å². The summed E-state index contributed by atoms with van der Waals surface area (Å²) < 4.78 is 5.31. The largest absolute Gasteiger partial charge is 0.481 e. The average molecular weight is 374 g/mol. The molecular weight excluding hydrogens is 352 g/mol. The standard InChI is InChI=1S/C19H22N2O4S/c1-13-2-4-14(5-3-13)18-20-15(12-26-18)10-16(22)21-19(11-17(23)24)6-8-25-9-7-19/h2-5,12H,6-11H2,1H3,(H,21,22)(H,23,24). The summed E-state index contributed by atoms with van der Waals surface area (Å²) in [6, 6.07) is 8.09. The average Bonchev–Trinajstić information content (AvgIpc) is 3.03. The Bertz CT molecular complexity index is 779. The van der Waals surface area contributed by atoms with Gasteiger partial charge in [0.05, 0.1) is 24.1 Å². The smallest absolute Gasteiger partial charge is 0.305 e. The number of nitrogens with one attached hydrogen (secondary N) is 1. The summed E-state index contributed by atoms with van der Waals surface area (Å²) in [6.45, 7) is 2.95. The molecule has 2 heterocycles. The number of hydrogen-bond donors (Lipinski definition) is 2. The molecule has 1 aromatic carbocycles. The highest BCUT2D eigenvalue weighted by atomic mass is 32.1. The lowest BCUT2D eigenvalue weighted by atomic mass is 9.86. The molecule has 0 saturated carbocycles. The van der Waals surface area contributed by atoms with Crippen LogP contribution in [0.3, 0.4) is 0 Å². The zero-order chi connectivity index (χ0) is 18.6. The number of hydrogen-bond acceptors (Lipinski definition) is 5. The normalized spacial score (nSPS) is 16.2. The first-order chi connectivity index (χ1) is 12.5. The maximum Gasteiger partial charge on any atom is 0.305 e. The highest BCUT2D eigenvalue weighted by molar-refractivity contribution is 7.13. The molecule has 1 aliphatic rings. The molecule has 2 aromatic rings. The van der Waals surface area contributed by atoms with Crippen molar-refractivity contribution in [3.05, 3.63) is 40.9 Å². The Hall–Kier alpha value is -2.25. The van der Waals surface area contributed by atoms with Gasteiger partial charge in [0.25, 0.3) is 0 Å². The van der Waals surface area contributed by atoms with Crippen LogP contribution in [0.1, 0.15) is 30.5 Å². The fraction of sp³-hybridized carbons (Fsp3) is 0.421. The summed E-state index contributed by atoms with van der Waals surface area (Å²) in [5, 5.41) is 14.9. The predicted octanol–water partition coefficient (Wildman–Crippen LogP) is 2.80. The van der Waals surface area contributed by atoms with Crippen LogP contribution >= 0.6 is 11.3 Å². The zero-order valence-corrected chi connectivity index (χ0v) is 15.5. The van der Waals surface area contributed by atoms with Gasteiger partial charge in [-0.2, -0.15) is 0 Å². The lowest BCUT2D eigenvalue weighted by Crippen LogP contribution is -2.53. The van der Waals surface area contributed by atoms with Crippen LogP contribution in [-0.2, 0) is 20.7 Å². The second-order valence-corrected chi connectivity index (χ2v) is 7.56. The molecule has 1 aromatic heterocycles. The van der Waals surface area contributed by atoms with Crippen molar-refractivity contribution in [3.63, 3.8) is 0 Å². The van der Waals surface area contributed by atoms with Crippen molar-refractivity contribution in [2.45, 2.75) is 38.1 Å². The molecule has 26 heavy (non-hydrogen) atoms. The van der Waals surface area contributed by atoms with Gasteiger partial charge in [-0.1, -0.05) is 29.8 Å². The van der Waals surface area contributed by atoms with Crippen molar-refractivity contribution in [2.24, 2.45) is 0 Å². The van der Waals surface area contributed by atoms with Gasteiger partial charge in [0.15, 0.2) is 0 Å². The van der Waals surface area contributed by atoms with Crippen LogP contribution in [0.2, 0.25) is 0 Å². The van der Waals surface area contributed by atoms with Crippen molar-refractivity contribution in [2.75, 3.05) is 13.2 Å². The zero-order valence-electron chi connectivity index (χ0n) is 14.7. The van der Waals surface area contributed by atoms with Crippen LogP contribution in [0.4, 0.5) is 0 Å². The van der Waals surface area contributed by atoms with Crippen molar-refractivity contribution in [1.82, 2.24) is 10.3 Å². The maximum atomic E-state index is 12.5. The van der Waals surface area contributed by atoms with Gasteiger partial charge in [0, 0.05) is 24.2 Å². The second-order valence-electron chi connectivity index (χ2n) is 6.70. The Balaban J connectivity index is 1.65. The second kappa shape index (κ2) is 7.97. The van der Waals surface area contributed by atoms with Gasteiger partial charge < -0.3 is 15.2 Å². The Morgan fingerprint density at radius 2 is 1.96 bits per heavy atom. The van der Waals surface area contributed by atoms with Gasteiger partial charge >= 0.3 is 5.97 Å². The molecule has 0 aliphatic carbocycles. The summed E-state index contributed by atoms with van der Waals surface area (Å²) in [5.41, 5.74) is 2.18. The number of aliphatic carboxylic acids is 1. The third kappa shape index (κ3) is 4.68.